The van der Waals surface area contributed by atoms with Gasteiger partial charge in [-0.05, 0) is 37.6 Å². The first-order valence-corrected chi connectivity index (χ1v) is 10.8. The van der Waals surface area contributed by atoms with Crippen molar-refractivity contribution in [3.63, 3.8) is 0 Å². The van der Waals surface area contributed by atoms with E-state index in [1.807, 2.05) is 26.0 Å². The number of nitrogens with one attached hydrogen (secondary N) is 1. The largest absolute Gasteiger partial charge is 0.352 e. The SMILES string of the molecule is CCC[C@H](C)NC(=O)CN1c2ccc(Br)cc2-c2ccccc2S1(=O)=O. The van der Waals surface area contributed by atoms with E-state index in [9.17, 15) is 13.2 Å². The van der Waals surface area contributed by atoms with E-state index in [0.29, 0.717) is 11.3 Å². The van der Waals surface area contributed by atoms with Gasteiger partial charge >= 0.3 is 0 Å². The highest BCUT2D eigenvalue weighted by atomic mass is 79.9. The van der Waals surface area contributed by atoms with E-state index in [1.165, 1.54) is 4.31 Å². The van der Waals surface area contributed by atoms with Gasteiger partial charge in [0.05, 0.1) is 10.6 Å². The van der Waals surface area contributed by atoms with Crippen LogP contribution in [-0.2, 0) is 14.8 Å². The van der Waals surface area contributed by atoms with Crippen LogP contribution in [0.5, 0.6) is 0 Å². The van der Waals surface area contributed by atoms with E-state index in [-0.39, 0.29) is 23.4 Å². The first-order valence-electron chi connectivity index (χ1n) is 8.55. The van der Waals surface area contributed by atoms with Crippen LogP contribution in [0.3, 0.4) is 0 Å². The number of hydrogen-bond donors (Lipinski definition) is 1. The second-order valence-electron chi connectivity index (χ2n) is 6.43. The summed E-state index contributed by atoms with van der Waals surface area (Å²) in [5.74, 6) is -0.303. The number of fused-ring (bicyclic) bond motifs is 3. The fraction of sp³-hybridized carbons (Fsp3) is 0.316. The van der Waals surface area contributed by atoms with Crippen LogP contribution in [0, 0.1) is 0 Å². The highest BCUT2D eigenvalue weighted by molar-refractivity contribution is 9.10. The van der Waals surface area contributed by atoms with Gasteiger partial charge in [-0.15, -0.1) is 0 Å². The molecule has 0 aromatic heterocycles. The van der Waals surface area contributed by atoms with Crippen LogP contribution in [0.4, 0.5) is 5.69 Å². The summed E-state index contributed by atoms with van der Waals surface area (Å²) in [6.07, 6.45) is 1.80. The summed E-state index contributed by atoms with van der Waals surface area (Å²) in [6.45, 7) is 3.73. The topological polar surface area (TPSA) is 66.5 Å². The van der Waals surface area contributed by atoms with E-state index >= 15 is 0 Å². The van der Waals surface area contributed by atoms with Crippen molar-refractivity contribution >= 4 is 37.5 Å². The predicted molar refractivity (Wildman–Crippen MR) is 107 cm³/mol. The Morgan fingerprint density at radius 2 is 1.92 bits per heavy atom. The van der Waals surface area contributed by atoms with Crippen LogP contribution < -0.4 is 9.62 Å². The van der Waals surface area contributed by atoms with Crippen LogP contribution in [0.25, 0.3) is 11.1 Å². The quantitative estimate of drug-likeness (QED) is 0.771. The molecule has 3 rings (SSSR count). The van der Waals surface area contributed by atoms with Gasteiger partial charge in [-0.2, -0.15) is 0 Å². The van der Waals surface area contributed by atoms with Gasteiger partial charge in [0.15, 0.2) is 0 Å². The van der Waals surface area contributed by atoms with Crippen LogP contribution in [0.2, 0.25) is 0 Å². The molecule has 0 radical (unpaired) electrons. The summed E-state index contributed by atoms with van der Waals surface area (Å²) in [4.78, 5) is 12.7. The Morgan fingerprint density at radius 1 is 1.19 bits per heavy atom. The highest BCUT2D eigenvalue weighted by Crippen LogP contribution is 2.43. The summed E-state index contributed by atoms with van der Waals surface area (Å²) in [5.41, 5.74) is 1.96. The van der Waals surface area contributed by atoms with Gasteiger partial charge in [-0.3, -0.25) is 9.10 Å². The minimum atomic E-state index is -3.80. The lowest BCUT2D eigenvalue weighted by molar-refractivity contribution is -0.120. The fourth-order valence-corrected chi connectivity index (χ4v) is 5.24. The van der Waals surface area contributed by atoms with E-state index in [2.05, 4.69) is 21.2 Å². The minimum absolute atomic E-state index is 0.0108. The zero-order valence-electron chi connectivity index (χ0n) is 14.7. The third-order valence-electron chi connectivity index (χ3n) is 4.39. The lowest BCUT2D eigenvalue weighted by atomic mass is 10.0. The van der Waals surface area contributed by atoms with Gasteiger partial charge in [0.2, 0.25) is 5.91 Å². The molecule has 26 heavy (non-hydrogen) atoms. The summed E-state index contributed by atoms with van der Waals surface area (Å²) in [7, 11) is -3.80. The first kappa shape index (κ1) is 18.9. The first-order chi connectivity index (χ1) is 12.3. The Hall–Kier alpha value is -1.86. The molecule has 7 heteroatoms. The molecule has 1 heterocycles. The lowest BCUT2D eigenvalue weighted by Gasteiger charge is -2.32. The van der Waals surface area contributed by atoms with Gasteiger partial charge in [-0.25, -0.2) is 8.42 Å². The zero-order chi connectivity index (χ0) is 18.9. The number of carbonyl (C=O) groups is 1. The van der Waals surface area contributed by atoms with Crippen molar-refractivity contribution in [1.29, 1.82) is 0 Å². The number of halogens is 1. The molecule has 1 amide bonds. The molecule has 1 aliphatic heterocycles. The van der Waals surface area contributed by atoms with E-state index < -0.39 is 10.0 Å². The van der Waals surface area contributed by atoms with E-state index in [4.69, 9.17) is 0 Å². The summed E-state index contributed by atoms with van der Waals surface area (Å²) in [6, 6.07) is 12.3. The predicted octanol–water partition coefficient (Wildman–Crippen LogP) is 3.93. The number of sulfonamides is 1. The molecule has 1 atom stereocenters. The molecule has 5 nitrogen and oxygen atoms in total. The minimum Gasteiger partial charge on any atom is -0.352 e. The maximum Gasteiger partial charge on any atom is 0.265 e. The molecule has 0 saturated heterocycles. The molecule has 138 valence electrons. The zero-order valence-corrected chi connectivity index (χ0v) is 17.1. The van der Waals surface area contributed by atoms with Gasteiger partial charge in [0.1, 0.15) is 6.54 Å². The Balaban J connectivity index is 2.02. The fourth-order valence-electron chi connectivity index (χ4n) is 3.23. The number of carbonyl (C=O) groups excluding carboxylic acids is 1. The number of rotatable bonds is 5. The molecule has 0 spiro atoms. The molecular formula is C19H21BrN2O3S. The summed E-state index contributed by atoms with van der Waals surface area (Å²) < 4.78 is 28.3. The van der Waals surface area contributed by atoms with Crippen molar-refractivity contribution in [2.45, 2.75) is 37.6 Å². The molecule has 2 aromatic rings. The van der Waals surface area contributed by atoms with Crippen molar-refractivity contribution in [1.82, 2.24) is 5.32 Å². The van der Waals surface area contributed by atoms with Crippen LogP contribution >= 0.6 is 15.9 Å². The average Bonchev–Trinajstić information content (AvgIpc) is 2.59. The standard InChI is InChI=1S/C19H21BrN2O3S/c1-3-6-13(2)21-19(23)12-22-17-10-9-14(20)11-16(17)15-7-4-5-8-18(15)26(22,24)25/h4-5,7-11,13H,3,6,12H2,1-2H3,(H,21,23)/t13-/m0/s1. The van der Waals surface area contributed by atoms with E-state index in [1.54, 1.807) is 30.3 Å². The molecule has 0 saturated carbocycles. The average molecular weight is 437 g/mol. The Labute approximate surface area is 162 Å². The normalized spacial score (nSPS) is 15.7. The second-order valence-corrected chi connectivity index (χ2v) is 9.17. The number of nitrogens with zero attached hydrogens (tertiary/aromatic N) is 1. The van der Waals surface area contributed by atoms with Gasteiger partial charge < -0.3 is 5.32 Å². The van der Waals surface area contributed by atoms with Crippen molar-refractivity contribution in [3.05, 3.63) is 46.9 Å². The third-order valence-corrected chi connectivity index (χ3v) is 6.70. The van der Waals surface area contributed by atoms with Crippen LogP contribution in [0.1, 0.15) is 26.7 Å². The molecule has 0 bridgehead atoms. The number of benzene rings is 2. The summed E-state index contributed by atoms with van der Waals surface area (Å²) in [5, 5.41) is 2.88. The number of hydrogen-bond acceptors (Lipinski definition) is 3. The summed E-state index contributed by atoms with van der Waals surface area (Å²) >= 11 is 3.44. The second kappa shape index (κ2) is 7.40. The van der Waals surface area contributed by atoms with E-state index in [0.717, 1.165) is 22.9 Å². The smallest absolute Gasteiger partial charge is 0.265 e. The maximum absolute atomic E-state index is 13.1. The van der Waals surface area contributed by atoms with Crippen molar-refractivity contribution in [3.8, 4) is 11.1 Å². The van der Waals surface area contributed by atoms with Gasteiger partial charge in [0, 0.05) is 21.6 Å². The Kier molecular flexibility index (Phi) is 5.39. The van der Waals surface area contributed by atoms with Crippen molar-refractivity contribution < 1.29 is 13.2 Å². The molecule has 1 aliphatic rings. The molecule has 0 fully saturated rings. The Bertz CT molecular complexity index is 944. The molecule has 2 aromatic carbocycles. The molecule has 1 N–H and O–H groups in total. The van der Waals surface area contributed by atoms with Crippen molar-refractivity contribution in [2.24, 2.45) is 0 Å². The van der Waals surface area contributed by atoms with Gasteiger partial charge in [0.25, 0.3) is 10.0 Å². The van der Waals surface area contributed by atoms with Crippen LogP contribution in [0.15, 0.2) is 51.8 Å². The third kappa shape index (κ3) is 3.50. The van der Waals surface area contributed by atoms with Gasteiger partial charge in [-0.1, -0.05) is 47.5 Å². The molecular weight excluding hydrogens is 416 g/mol. The molecule has 0 unspecified atom stereocenters. The number of anilines is 1. The lowest BCUT2D eigenvalue weighted by Crippen LogP contribution is -2.44. The highest BCUT2D eigenvalue weighted by Gasteiger charge is 2.35. The number of amides is 1. The molecule has 0 aliphatic carbocycles. The monoisotopic (exact) mass is 436 g/mol. The maximum atomic E-state index is 13.1. The van der Waals surface area contributed by atoms with Crippen LogP contribution in [-0.4, -0.2) is 26.9 Å². The Morgan fingerprint density at radius 3 is 2.65 bits per heavy atom. The van der Waals surface area contributed by atoms with Crippen molar-refractivity contribution in [2.75, 3.05) is 10.8 Å².